The highest BCUT2D eigenvalue weighted by molar-refractivity contribution is 5.97. The standard InChI is InChI=1S/C16H15FO3/c1-11-3-6-13(7-4-11)20-10-15(18)12-5-8-16(19-2)14(17)9-12/h3-9H,10H2,1-2H3. The number of halogens is 1. The van der Waals surface area contributed by atoms with Crippen LogP contribution in [0.3, 0.4) is 0 Å². The molecule has 0 atom stereocenters. The van der Waals surface area contributed by atoms with Crippen molar-refractivity contribution in [3.63, 3.8) is 0 Å². The van der Waals surface area contributed by atoms with Crippen molar-refractivity contribution >= 4 is 5.78 Å². The Balaban J connectivity index is 2.01. The van der Waals surface area contributed by atoms with Crippen LogP contribution in [-0.2, 0) is 0 Å². The molecular formula is C16H15FO3. The van der Waals surface area contributed by atoms with Gasteiger partial charge in [-0.05, 0) is 37.3 Å². The molecule has 0 unspecified atom stereocenters. The Morgan fingerprint density at radius 3 is 2.45 bits per heavy atom. The second kappa shape index (κ2) is 6.19. The van der Waals surface area contributed by atoms with Crippen molar-refractivity contribution in [1.82, 2.24) is 0 Å². The first-order valence-corrected chi connectivity index (χ1v) is 6.16. The first-order valence-electron chi connectivity index (χ1n) is 6.16. The SMILES string of the molecule is COc1ccc(C(=O)COc2ccc(C)cc2)cc1F. The van der Waals surface area contributed by atoms with E-state index in [0.717, 1.165) is 11.6 Å². The molecule has 0 fully saturated rings. The van der Waals surface area contributed by atoms with Gasteiger partial charge in [-0.25, -0.2) is 4.39 Å². The molecule has 0 aliphatic rings. The number of ketones is 1. The second-order valence-electron chi connectivity index (χ2n) is 4.37. The first-order chi connectivity index (χ1) is 9.60. The third-order valence-corrected chi connectivity index (χ3v) is 2.86. The number of carbonyl (C=O) groups is 1. The Hall–Kier alpha value is -2.36. The van der Waals surface area contributed by atoms with Gasteiger partial charge in [0.2, 0.25) is 0 Å². The Labute approximate surface area is 117 Å². The Morgan fingerprint density at radius 2 is 1.85 bits per heavy atom. The molecule has 0 radical (unpaired) electrons. The molecule has 0 amide bonds. The van der Waals surface area contributed by atoms with Gasteiger partial charge in [-0.15, -0.1) is 0 Å². The van der Waals surface area contributed by atoms with Gasteiger partial charge in [-0.3, -0.25) is 4.79 Å². The van der Waals surface area contributed by atoms with Crippen LogP contribution in [0.4, 0.5) is 4.39 Å². The number of ether oxygens (including phenoxy) is 2. The van der Waals surface area contributed by atoms with E-state index in [0.29, 0.717) is 5.75 Å². The van der Waals surface area contributed by atoms with Crippen molar-refractivity contribution in [3.05, 3.63) is 59.4 Å². The molecule has 2 aromatic rings. The summed E-state index contributed by atoms with van der Waals surface area (Å²) in [6.07, 6.45) is 0. The van der Waals surface area contributed by atoms with E-state index in [9.17, 15) is 9.18 Å². The minimum Gasteiger partial charge on any atom is -0.494 e. The van der Waals surface area contributed by atoms with Crippen LogP contribution in [0.1, 0.15) is 15.9 Å². The lowest BCUT2D eigenvalue weighted by atomic mass is 10.1. The van der Waals surface area contributed by atoms with Gasteiger partial charge in [-0.1, -0.05) is 17.7 Å². The van der Waals surface area contributed by atoms with Crippen molar-refractivity contribution in [3.8, 4) is 11.5 Å². The summed E-state index contributed by atoms with van der Waals surface area (Å²) in [6, 6.07) is 11.5. The monoisotopic (exact) mass is 274 g/mol. The number of methoxy groups -OCH3 is 1. The zero-order valence-electron chi connectivity index (χ0n) is 11.4. The summed E-state index contributed by atoms with van der Waals surface area (Å²) in [5.41, 5.74) is 1.37. The van der Waals surface area contributed by atoms with Crippen molar-refractivity contribution in [1.29, 1.82) is 0 Å². The van der Waals surface area contributed by atoms with E-state index in [1.165, 1.54) is 19.2 Å². The predicted molar refractivity (Wildman–Crippen MR) is 74.0 cm³/mol. The fourth-order valence-electron chi connectivity index (χ4n) is 1.71. The zero-order valence-corrected chi connectivity index (χ0v) is 11.4. The quantitative estimate of drug-likeness (QED) is 0.784. The highest BCUT2D eigenvalue weighted by atomic mass is 19.1. The lowest BCUT2D eigenvalue weighted by Crippen LogP contribution is -2.12. The number of hydrogen-bond donors (Lipinski definition) is 0. The molecule has 4 heteroatoms. The van der Waals surface area contributed by atoms with E-state index in [-0.39, 0.29) is 23.7 Å². The van der Waals surface area contributed by atoms with E-state index < -0.39 is 5.82 Å². The molecule has 0 heterocycles. The molecule has 104 valence electrons. The molecule has 0 saturated heterocycles. The zero-order chi connectivity index (χ0) is 14.5. The molecule has 2 rings (SSSR count). The van der Waals surface area contributed by atoms with Crippen LogP contribution in [-0.4, -0.2) is 19.5 Å². The van der Waals surface area contributed by atoms with Gasteiger partial charge < -0.3 is 9.47 Å². The van der Waals surface area contributed by atoms with Crippen LogP contribution >= 0.6 is 0 Å². The molecule has 0 aromatic heterocycles. The van der Waals surface area contributed by atoms with Gasteiger partial charge in [0.15, 0.2) is 24.0 Å². The maximum atomic E-state index is 13.5. The van der Waals surface area contributed by atoms with Crippen molar-refractivity contribution in [2.45, 2.75) is 6.92 Å². The number of benzene rings is 2. The van der Waals surface area contributed by atoms with Crippen molar-refractivity contribution < 1.29 is 18.7 Å². The van der Waals surface area contributed by atoms with Crippen LogP contribution in [0, 0.1) is 12.7 Å². The van der Waals surface area contributed by atoms with E-state index >= 15 is 0 Å². The molecule has 0 spiro atoms. The topological polar surface area (TPSA) is 35.5 Å². The molecule has 3 nitrogen and oxygen atoms in total. The fraction of sp³-hybridized carbons (Fsp3) is 0.188. The summed E-state index contributed by atoms with van der Waals surface area (Å²) >= 11 is 0. The van der Waals surface area contributed by atoms with Crippen LogP contribution in [0.5, 0.6) is 11.5 Å². The summed E-state index contributed by atoms with van der Waals surface area (Å²) in [4.78, 5) is 11.9. The molecule has 0 bridgehead atoms. The second-order valence-corrected chi connectivity index (χ2v) is 4.37. The maximum absolute atomic E-state index is 13.5. The number of Topliss-reactive ketones (excluding diaryl/α,β-unsaturated/α-hetero) is 1. The third kappa shape index (κ3) is 3.35. The maximum Gasteiger partial charge on any atom is 0.200 e. The number of carbonyl (C=O) groups excluding carboxylic acids is 1. The molecular weight excluding hydrogens is 259 g/mol. The van der Waals surface area contributed by atoms with Gasteiger partial charge in [-0.2, -0.15) is 0 Å². The molecule has 2 aromatic carbocycles. The van der Waals surface area contributed by atoms with E-state index in [4.69, 9.17) is 9.47 Å². The minimum absolute atomic E-state index is 0.112. The smallest absolute Gasteiger partial charge is 0.200 e. The highest BCUT2D eigenvalue weighted by Gasteiger charge is 2.10. The van der Waals surface area contributed by atoms with E-state index in [2.05, 4.69) is 0 Å². The minimum atomic E-state index is -0.561. The first kappa shape index (κ1) is 14.1. The Kier molecular flexibility index (Phi) is 4.35. The molecule has 0 aliphatic heterocycles. The number of rotatable bonds is 5. The van der Waals surface area contributed by atoms with Crippen LogP contribution in [0.15, 0.2) is 42.5 Å². The normalized spacial score (nSPS) is 10.2. The fourth-order valence-corrected chi connectivity index (χ4v) is 1.71. The highest BCUT2D eigenvalue weighted by Crippen LogP contribution is 2.18. The summed E-state index contributed by atoms with van der Waals surface area (Å²) in [5, 5.41) is 0. The van der Waals surface area contributed by atoms with E-state index in [1.54, 1.807) is 12.1 Å². The predicted octanol–water partition coefficient (Wildman–Crippen LogP) is 3.40. The Bertz CT molecular complexity index is 606. The molecule has 0 saturated carbocycles. The third-order valence-electron chi connectivity index (χ3n) is 2.86. The van der Waals surface area contributed by atoms with Gasteiger partial charge in [0.1, 0.15) is 5.75 Å². The molecule has 20 heavy (non-hydrogen) atoms. The summed E-state index contributed by atoms with van der Waals surface area (Å²) < 4.78 is 23.7. The summed E-state index contributed by atoms with van der Waals surface area (Å²) in [5.74, 6) is -0.125. The van der Waals surface area contributed by atoms with Gasteiger partial charge in [0.05, 0.1) is 7.11 Å². The van der Waals surface area contributed by atoms with E-state index in [1.807, 2.05) is 19.1 Å². The largest absolute Gasteiger partial charge is 0.494 e. The summed E-state index contributed by atoms with van der Waals surface area (Å²) in [6.45, 7) is 1.84. The van der Waals surface area contributed by atoms with Crippen LogP contribution in [0.25, 0.3) is 0 Å². The van der Waals surface area contributed by atoms with Crippen molar-refractivity contribution in [2.75, 3.05) is 13.7 Å². The number of aryl methyl sites for hydroxylation is 1. The van der Waals surface area contributed by atoms with Gasteiger partial charge in [0, 0.05) is 5.56 Å². The van der Waals surface area contributed by atoms with Crippen LogP contribution < -0.4 is 9.47 Å². The molecule has 0 N–H and O–H groups in total. The lowest BCUT2D eigenvalue weighted by molar-refractivity contribution is 0.0921. The number of hydrogen-bond acceptors (Lipinski definition) is 3. The summed E-state index contributed by atoms with van der Waals surface area (Å²) in [7, 11) is 1.38. The van der Waals surface area contributed by atoms with Crippen LogP contribution in [0.2, 0.25) is 0 Å². The van der Waals surface area contributed by atoms with Crippen molar-refractivity contribution in [2.24, 2.45) is 0 Å². The Morgan fingerprint density at radius 1 is 1.15 bits per heavy atom. The average molecular weight is 274 g/mol. The van der Waals surface area contributed by atoms with Gasteiger partial charge in [0.25, 0.3) is 0 Å². The average Bonchev–Trinajstić information content (AvgIpc) is 2.46. The lowest BCUT2D eigenvalue weighted by Gasteiger charge is -2.07. The van der Waals surface area contributed by atoms with Gasteiger partial charge >= 0.3 is 0 Å². The molecule has 0 aliphatic carbocycles.